The maximum Gasteiger partial charge on any atom is 0.233 e. The minimum Gasteiger partial charge on any atom is -0.358 e. The van der Waals surface area contributed by atoms with Crippen LogP contribution >= 0.6 is 7.26 Å². The second-order valence-corrected chi connectivity index (χ2v) is 10.4. The molecule has 0 unspecified atom stereocenters. The van der Waals surface area contributed by atoms with Gasteiger partial charge in [-0.15, -0.1) is 0 Å². The van der Waals surface area contributed by atoms with E-state index < -0.39 is 7.26 Å². The second kappa shape index (κ2) is 10.2. The van der Waals surface area contributed by atoms with Crippen molar-refractivity contribution >= 4 is 29.1 Å². The van der Waals surface area contributed by atoms with E-state index >= 15 is 0 Å². The smallest absolute Gasteiger partial charge is 0.233 e. The molecule has 0 spiro atoms. The van der Waals surface area contributed by atoms with Crippen molar-refractivity contribution in [2.24, 2.45) is 0 Å². The third-order valence-electron chi connectivity index (χ3n) is 5.00. The first-order chi connectivity index (χ1) is 13.8. The minimum atomic E-state index is -1.76. The summed E-state index contributed by atoms with van der Waals surface area (Å²) < 4.78 is 0. The predicted octanol–water partition coefficient (Wildman–Crippen LogP) is 2.71. The van der Waals surface area contributed by atoms with Gasteiger partial charge in [0.05, 0.1) is 12.7 Å². The largest absolute Gasteiger partial charge is 0.358 e. The van der Waals surface area contributed by atoms with E-state index in [4.69, 9.17) is 0 Å². The fourth-order valence-corrected chi connectivity index (χ4v) is 7.96. The van der Waals surface area contributed by atoms with Crippen LogP contribution in [0, 0.1) is 0 Å². The van der Waals surface area contributed by atoms with Gasteiger partial charge in [-0.3, -0.25) is 4.79 Å². The number of rotatable bonds is 9. The van der Waals surface area contributed by atoms with Crippen molar-refractivity contribution in [2.75, 3.05) is 26.3 Å². The maximum absolute atomic E-state index is 11.5. The molecule has 0 saturated carbocycles. The molecule has 0 aliphatic rings. The first-order valence-electron chi connectivity index (χ1n) is 9.73. The lowest BCUT2D eigenvalue weighted by Crippen LogP contribution is -2.35. The Morgan fingerprint density at radius 2 is 1.18 bits per heavy atom. The maximum atomic E-state index is 11.5. The molecule has 2 N–H and O–H groups in total. The lowest BCUT2D eigenvalue weighted by molar-refractivity contribution is -0.119. The van der Waals surface area contributed by atoms with Crippen molar-refractivity contribution in [2.45, 2.75) is 6.42 Å². The Morgan fingerprint density at radius 1 is 0.750 bits per heavy atom. The van der Waals surface area contributed by atoms with Crippen LogP contribution in [0.5, 0.6) is 0 Å². The third-order valence-corrected chi connectivity index (χ3v) is 9.53. The van der Waals surface area contributed by atoms with E-state index in [0.29, 0.717) is 6.54 Å². The molecule has 0 bridgehead atoms. The fourth-order valence-electron chi connectivity index (χ4n) is 3.61. The summed E-state index contributed by atoms with van der Waals surface area (Å²) in [7, 11) is -0.0972. The van der Waals surface area contributed by atoms with Crippen molar-refractivity contribution in [3.05, 3.63) is 91.0 Å². The second-order valence-electron chi connectivity index (χ2n) is 6.74. The van der Waals surface area contributed by atoms with Gasteiger partial charge in [0.15, 0.2) is 0 Å². The molecule has 3 aromatic rings. The summed E-state index contributed by atoms with van der Waals surface area (Å²) in [6.45, 7) is 1.19. The molecule has 0 atom stereocenters. The topological polar surface area (TPSA) is 41.1 Å². The van der Waals surface area contributed by atoms with Gasteiger partial charge < -0.3 is 10.6 Å². The van der Waals surface area contributed by atoms with Gasteiger partial charge in [-0.2, -0.15) is 0 Å². The molecular weight excluding hydrogens is 363 g/mol. The monoisotopic (exact) mass is 391 g/mol. The highest BCUT2D eigenvalue weighted by Gasteiger charge is 2.44. The Labute approximate surface area is 168 Å². The number of hydrogen-bond acceptors (Lipinski definition) is 2. The standard InChI is InChI=1S/C24H27N2OP/c1-25-24(27)20-26-18-11-19-28(21-12-5-2-6-13-21,22-14-7-3-8-15-22)23-16-9-4-10-17-23/h2-10,12-17,26H,11,18-20H2,1H3/p+1. The molecule has 0 aliphatic heterocycles. The van der Waals surface area contributed by atoms with Crippen LogP contribution < -0.4 is 26.5 Å². The molecule has 0 aromatic heterocycles. The first-order valence-corrected chi connectivity index (χ1v) is 11.7. The van der Waals surface area contributed by atoms with E-state index in [0.717, 1.165) is 19.1 Å². The molecule has 28 heavy (non-hydrogen) atoms. The van der Waals surface area contributed by atoms with Crippen molar-refractivity contribution in [3.8, 4) is 0 Å². The summed E-state index contributed by atoms with van der Waals surface area (Å²) in [5.41, 5.74) is 0. The average molecular weight is 391 g/mol. The number of likely N-dealkylation sites (N-methyl/N-ethyl adjacent to an activating group) is 1. The van der Waals surface area contributed by atoms with E-state index in [1.807, 2.05) is 0 Å². The zero-order valence-electron chi connectivity index (χ0n) is 16.3. The molecule has 3 nitrogen and oxygen atoms in total. The zero-order valence-corrected chi connectivity index (χ0v) is 17.2. The molecule has 0 fully saturated rings. The molecule has 0 saturated heterocycles. The van der Waals surface area contributed by atoms with Gasteiger partial charge in [-0.1, -0.05) is 54.6 Å². The van der Waals surface area contributed by atoms with Gasteiger partial charge in [-0.05, 0) is 49.4 Å². The third kappa shape index (κ3) is 4.67. The lowest BCUT2D eigenvalue weighted by atomic mass is 10.3. The van der Waals surface area contributed by atoms with Crippen molar-refractivity contribution in [1.29, 1.82) is 0 Å². The molecule has 0 aliphatic carbocycles. The van der Waals surface area contributed by atoms with Crippen LogP contribution in [-0.4, -0.2) is 32.2 Å². The highest BCUT2D eigenvalue weighted by Crippen LogP contribution is 2.55. The summed E-state index contributed by atoms with van der Waals surface area (Å²) in [6, 6.07) is 32.7. The minimum absolute atomic E-state index is 0.0234. The van der Waals surface area contributed by atoms with Crippen LogP contribution in [0.2, 0.25) is 0 Å². The van der Waals surface area contributed by atoms with Crippen molar-refractivity contribution < 1.29 is 4.79 Å². The van der Waals surface area contributed by atoms with E-state index in [1.165, 1.54) is 15.9 Å². The van der Waals surface area contributed by atoms with Crippen LogP contribution in [0.3, 0.4) is 0 Å². The van der Waals surface area contributed by atoms with Gasteiger partial charge in [0.25, 0.3) is 0 Å². The zero-order chi connectivity index (χ0) is 19.7. The molecule has 0 radical (unpaired) electrons. The van der Waals surface area contributed by atoms with Gasteiger partial charge in [0, 0.05) is 7.05 Å². The van der Waals surface area contributed by atoms with Gasteiger partial charge in [0.1, 0.15) is 23.2 Å². The predicted molar refractivity (Wildman–Crippen MR) is 122 cm³/mol. The van der Waals surface area contributed by atoms with Gasteiger partial charge in [0.2, 0.25) is 5.91 Å². The van der Waals surface area contributed by atoms with Gasteiger partial charge >= 0.3 is 0 Å². The molecule has 3 rings (SSSR count). The number of carbonyl (C=O) groups is 1. The average Bonchev–Trinajstić information content (AvgIpc) is 2.78. The van der Waals surface area contributed by atoms with Crippen molar-refractivity contribution in [3.63, 3.8) is 0 Å². The van der Waals surface area contributed by atoms with E-state index in [9.17, 15) is 4.79 Å². The Morgan fingerprint density at radius 3 is 1.57 bits per heavy atom. The first kappa shape index (κ1) is 20.3. The molecule has 3 aromatic carbocycles. The van der Waals surface area contributed by atoms with E-state index in [-0.39, 0.29) is 5.91 Å². The molecule has 4 heteroatoms. The van der Waals surface area contributed by atoms with E-state index in [1.54, 1.807) is 7.05 Å². The summed E-state index contributed by atoms with van der Waals surface area (Å²) in [4.78, 5) is 11.5. The summed E-state index contributed by atoms with van der Waals surface area (Å²) in [5, 5.41) is 10.1. The number of hydrogen-bond donors (Lipinski definition) is 2. The Kier molecular flexibility index (Phi) is 7.36. The molecular formula is C24H28N2OP+. The Bertz CT molecular complexity index is 757. The summed E-state index contributed by atoms with van der Waals surface area (Å²) >= 11 is 0. The Hall–Kier alpha value is -2.48. The number of benzene rings is 3. The number of carbonyl (C=O) groups excluding carboxylic acids is 1. The quantitative estimate of drug-likeness (QED) is 0.435. The van der Waals surface area contributed by atoms with Crippen LogP contribution in [0.4, 0.5) is 0 Å². The fraction of sp³-hybridized carbons (Fsp3) is 0.208. The summed E-state index contributed by atoms with van der Waals surface area (Å²) in [5.74, 6) is 0.0234. The SMILES string of the molecule is CNC(=O)CNCCC[P+](c1ccccc1)(c1ccccc1)c1ccccc1. The van der Waals surface area contributed by atoms with E-state index in [2.05, 4.69) is 102 Å². The van der Waals surface area contributed by atoms with Crippen molar-refractivity contribution in [1.82, 2.24) is 10.6 Å². The highest BCUT2D eigenvalue weighted by molar-refractivity contribution is 7.95. The van der Waals surface area contributed by atoms with Crippen LogP contribution in [0.15, 0.2) is 91.0 Å². The van der Waals surface area contributed by atoms with Crippen LogP contribution in [0.1, 0.15) is 6.42 Å². The highest BCUT2D eigenvalue weighted by atomic mass is 31.2. The molecule has 1 amide bonds. The summed E-state index contributed by atoms with van der Waals surface area (Å²) in [6.07, 6.45) is 2.06. The normalized spacial score (nSPS) is 11.2. The lowest BCUT2D eigenvalue weighted by Gasteiger charge is -2.27. The van der Waals surface area contributed by atoms with Gasteiger partial charge in [-0.25, -0.2) is 0 Å². The molecule has 144 valence electrons. The number of amides is 1. The Balaban J connectivity index is 1.96. The van der Waals surface area contributed by atoms with Crippen LogP contribution in [0.25, 0.3) is 0 Å². The number of nitrogens with one attached hydrogen (secondary N) is 2. The van der Waals surface area contributed by atoms with Crippen LogP contribution in [-0.2, 0) is 4.79 Å². The molecule has 0 heterocycles.